The van der Waals surface area contributed by atoms with E-state index in [4.69, 9.17) is 5.73 Å². The highest BCUT2D eigenvalue weighted by molar-refractivity contribution is 5.49. The molecule has 0 aromatic carbocycles. The maximum Gasteiger partial charge on any atom is 0.573 e. The first kappa shape index (κ1) is 11.5. The van der Waals surface area contributed by atoms with Gasteiger partial charge in [0.05, 0.1) is 0 Å². The van der Waals surface area contributed by atoms with E-state index in [0.29, 0.717) is 6.07 Å². The zero-order chi connectivity index (χ0) is 11.6. The van der Waals surface area contributed by atoms with Crippen LogP contribution in [0.15, 0.2) is 12.3 Å². The molecule has 8 heteroatoms. The van der Waals surface area contributed by atoms with Gasteiger partial charge in [0.25, 0.3) is 6.43 Å². The summed E-state index contributed by atoms with van der Waals surface area (Å²) in [6.07, 6.45) is -7.38. The Bertz CT molecular complexity index is 352. The van der Waals surface area contributed by atoms with Gasteiger partial charge in [0.15, 0.2) is 0 Å². The molecule has 1 heterocycles. The van der Waals surface area contributed by atoms with Crippen molar-refractivity contribution >= 4 is 5.82 Å². The van der Waals surface area contributed by atoms with E-state index in [9.17, 15) is 22.0 Å². The van der Waals surface area contributed by atoms with Gasteiger partial charge in [-0.2, -0.15) is 0 Å². The average molecular weight is 228 g/mol. The molecule has 0 amide bonds. The van der Waals surface area contributed by atoms with Gasteiger partial charge in [0, 0.05) is 6.20 Å². The van der Waals surface area contributed by atoms with Crippen molar-refractivity contribution in [2.24, 2.45) is 0 Å². The fourth-order valence-electron chi connectivity index (χ4n) is 0.904. The highest BCUT2D eigenvalue weighted by Crippen LogP contribution is 2.35. The summed E-state index contributed by atoms with van der Waals surface area (Å²) in [5.41, 5.74) is 3.94. The summed E-state index contributed by atoms with van der Waals surface area (Å²) in [5, 5.41) is 0. The second-order valence-corrected chi connectivity index (χ2v) is 2.46. The van der Waals surface area contributed by atoms with Crippen molar-refractivity contribution in [3.05, 3.63) is 17.8 Å². The first-order valence-electron chi connectivity index (χ1n) is 3.59. The fraction of sp³-hybridized carbons (Fsp3) is 0.286. The van der Waals surface area contributed by atoms with Gasteiger partial charge in [-0.05, 0) is 6.07 Å². The van der Waals surface area contributed by atoms with Crippen molar-refractivity contribution in [3.63, 3.8) is 0 Å². The molecule has 15 heavy (non-hydrogen) atoms. The SMILES string of the molecule is Nc1nccc(OC(F)(F)F)c1C(F)F. The van der Waals surface area contributed by atoms with Gasteiger partial charge >= 0.3 is 6.36 Å². The van der Waals surface area contributed by atoms with E-state index in [1.54, 1.807) is 0 Å². The van der Waals surface area contributed by atoms with Crippen LogP contribution in [0.25, 0.3) is 0 Å². The summed E-state index contributed by atoms with van der Waals surface area (Å²) in [4.78, 5) is 3.24. The van der Waals surface area contributed by atoms with Crippen molar-refractivity contribution in [2.75, 3.05) is 5.73 Å². The Hall–Kier alpha value is -1.60. The summed E-state index contributed by atoms with van der Waals surface area (Å²) in [6.45, 7) is 0. The second-order valence-electron chi connectivity index (χ2n) is 2.46. The molecule has 0 saturated carbocycles. The number of hydrogen-bond acceptors (Lipinski definition) is 3. The third-order valence-electron chi connectivity index (χ3n) is 1.42. The number of ether oxygens (including phenoxy) is 1. The standard InChI is InChI=1S/C7H5F5N2O/c8-5(9)4-3(15-7(10,11)12)1-2-14-6(4)13/h1-2,5H,(H2,13,14). The van der Waals surface area contributed by atoms with Crippen LogP contribution in [0.4, 0.5) is 27.8 Å². The quantitative estimate of drug-likeness (QED) is 0.791. The molecule has 0 aliphatic rings. The Morgan fingerprint density at radius 3 is 2.40 bits per heavy atom. The number of rotatable bonds is 2. The third-order valence-corrected chi connectivity index (χ3v) is 1.42. The minimum atomic E-state index is -5.04. The average Bonchev–Trinajstić information content (AvgIpc) is 1.99. The molecular formula is C7H5F5N2O. The minimum Gasteiger partial charge on any atom is -0.405 e. The summed E-state index contributed by atoms with van der Waals surface area (Å²) < 4.78 is 63.3. The number of nitrogen functional groups attached to an aromatic ring is 1. The highest BCUT2D eigenvalue weighted by Gasteiger charge is 2.34. The van der Waals surface area contributed by atoms with Crippen molar-refractivity contribution < 1.29 is 26.7 Å². The maximum absolute atomic E-state index is 12.3. The molecule has 0 aliphatic carbocycles. The number of halogens is 5. The lowest BCUT2D eigenvalue weighted by Gasteiger charge is -2.13. The Kier molecular flexibility index (Phi) is 2.96. The number of pyridine rings is 1. The monoisotopic (exact) mass is 228 g/mol. The van der Waals surface area contributed by atoms with Crippen LogP contribution in [0.1, 0.15) is 12.0 Å². The van der Waals surface area contributed by atoms with Crippen LogP contribution in [0, 0.1) is 0 Å². The Labute approximate surface area is 80.7 Å². The van der Waals surface area contributed by atoms with Crippen molar-refractivity contribution in [1.82, 2.24) is 4.98 Å². The molecule has 0 saturated heterocycles. The second kappa shape index (κ2) is 3.87. The van der Waals surface area contributed by atoms with E-state index in [0.717, 1.165) is 6.20 Å². The molecule has 0 radical (unpaired) electrons. The molecule has 0 aliphatic heterocycles. The number of nitrogens with two attached hydrogens (primary N) is 1. The molecule has 2 N–H and O–H groups in total. The first-order chi connectivity index (χ1) is 6.81. The summed E-state index contributed by atoms with van der Waals surface area (Å²) >= 11 is 0. The molecular weight excluding hydrogens is 223 g/mol. The van der Waals surface area contributed by atoms with Crippen LogP contribution in [-0.2, 0) is 0 Å². The van der Waals surface area contributed by atoms with Crippen LogP contribution >= 0.6 is 0 Å². The molecule has 3 nitrogen and oxygen atoms in total. The van der Waals surface area contributed by atoms with Gasteiger partial charge in [-0.15, -0.1) is 13.2 Å². The zero-order valence-corrected chi connectivity index (χ0v) is 7.05. The Morgan fingerprint density at radius 1 is 1.33 bits per heavy atom. The van der Waals surface area contributed by atoms with E-state index in [-0.39, 0.29) is 0 Å². The number of anilines is 1. The fourth-order valence-corrected chi connectivity index (χ4v) is 0.904. The van der Waals surface area contributed by atoms with Crippen LogP contribution < -0.4 is 10.5 Å². The van der Waals surface area contributed by atoms with Crippen LogP contribution in [-0.4, -0.2) is 11.3 Å². The summed E-state index contributed by atoms with van der Waals surface area (Å²) in [6, 6.07) is 0.672. The minimum absolute atomic E-state index is 0.672. The third kappa shape index (κ3) is 2.93. The van der Waals surface area contributed by atoms with Crippen LogP contribution in [0.3, 0.4) is 0 Å². The van der Waals surface area contributed by atoms with Gasteiger partial charge in [-0.3, -0.25) is 0 Å². The van der Waals surface area contributed by atoms with E-state index < -0.39 is 29.9 Å². The molecule has 0 spiro atoms. The zero-order valence-electron chi connectivity index (χ0n) is 7.05. The van der Waals surface area contributed by atoms with Gasteiger partial charge in [-0.1, -0.05) is 0 Å². The van der Waals surface area contributed by atoms with Crippen molar-refractivity contribution in [2.45, 2.75) is 12.8 Å². The molecule has 84 valence electrons. The number of hydrogen-bond donors (Lipinski definition) is 1. The van der Waals surface area contributed by atoms with Gasteiger partial charge in [0.1, 0.15) is 17.1 Å². The smallest absolute Gasteiger partial charge is 0.405 e. The number of alkyl halides is 5. The summed E-state index contributed by atoms with van der Waals surface area (Å²) in [7, 11) is 0. The largest absolute Gasteiger partial charge is 0.573 e. The molecule has 0 unspecified atom stereocenters. The van der Waals surface area contributed by atoms with Crippen LogP contribution in [0.5, 0.6) is 5.75 Å². The molecule has 1 aromatic rings. The predicted molar refractivity (Wildman–Crippen MR) is 40.3 cm³/mol. The lowest BCUT2D eigenvalue weighted by Crippen LogP contribution is -2.18. The number of aromatic nitrogens is 1. The lowest BCUT2D eigenvalue weighted by atomic mass is 10.2. The van der Waals surface area contributed by atoms with E-state index in [2.05, 4.69) is 9.72 Å². The van der Waals surface area contributed by atoms with Gasteiger partial charge < -0.3 is 10.5 Å². The van der Waals surface area contributed by atoms with E-state index in [1.807, 2.05) is 0 Å². The molecule has 0 bridgehead atoms. The van der Waals surface area contributed by atoms with Gasteiger partial charge in [0.2, 0.25) is 0 Å². The highest BCUT2D eigenvalue weighted by atomic mass is 19.4. The molecule has 1 aromatic heterocycles. The van der Waals surface area contributed by atoms with Crippen LogP contribution in [0.2, 0.25) is 0 Å². The number of nitrogens with zero attached hydrogens (tertiary/aromatic N) is 1. The van der Waals surface area contributed by atoms with E-state index in [1.165, 1.54) is 0 Å². The Morgan fingerprint density at radius 2 is 1.93 bits per heavy atom. The first-order valence-corrected chi connectivity index (χ1v) is 3.59. The predicted octanol–water partition coefficient (Wildman–Crippen LogP) is 2.50. The van der Waals surface area contributed by atoms with Crippen molar-refractivity contribution in [1.29, 1.82) is 0 Å². The maximum atomic E-state index is 12.3. The molecule has 0 fully saturated rings. The molecule has 0 atom stereocenters. The Balaban J connectivity index is 3.12. The summed E-state index contributed by atoms with van der Waals surface area (Å²) in [5.74, 6) is -1.73. The normalized spacial score (nSPS) is 11.9. The lowest BCUT2D eigenvalue weighted by molar-refractivity contribution is -0.275. The topological polar surface area (TPSA) is 48.1 Å². The van der Waals surface area contributed by atoms with Crippen molar-refractivity contribution in [3.8, 4) is 5.75 Å². The van der Waals surface area contributed by atoms with Gasteiger partial charge in [-0.25, -0.2) is 13.8 Å². The van der Waals surface area contributed by atoms with E-state index >= 15 is 0 Å². The molecule has 1 rings (SSSR count).